The Morgan fingerprint density at radius 3 is 2.56 bits per heavy atom. The first-order chi connectivity index (χ1) is 11.8. The number of rotatable bonds is 8. The molecule has 0 aromatic carbocycles. The van der Waals surface area contributed by atoms with Crippen LogP contribution in [-0.2, 0) is 14.3 Å². The van der Waals surface area contributed by atoms with Crippen LogP contribution in [-0.4, -0.2) is 23.5 Å². The van der Waals surface area contributed by atoms with E-state index in [4.69, 9.17) is 4.74 Å². The van der Waals surface area contributed by atoms with Gasteiger partial charge in [0.05, 0.1) is 0 Å². The third-order valence-corrected chi connectivity index (χ3v) is 3.93. The Morgan fingerprint density at radius 1 is 1.20 bits per heavy atom. The summed E-state index contributed by atoms with van der Waals surface area (Å²) in [5.74, 6) is -1.13. The van der Waals surface area contributed by atoms with Crippen LogP contribution < -0.4 is 0 Å². The molecule has 2 atom stereocenters. The summed E-state index contributed by atoms with van der Waals surface area (Å²) in [5.41, 5.74) is 2.48. The van der Waals surface area contributed by atoms with Crippen LogP contribution in [0.5, 0.6) is 0 Å². The number of ether oxygens (including phenoxy) is 1. The zero-order valence-corrected chi connectivity index (χ0v) is 15.5. The van der Waals surface area contributed by atoms with Crippen LogP contribution in [0.25, 0.3) is 0 Å². The number of aliphatic hydroxyl groups is 1. The SMILES string of the molecule is CC(=O)C1C=C(O)C=CC1/C=C/C(=O)OC/C=C(\C)CCC=C(C)C. The maximum atomic E-state index is 11.8. The Labute approximate surface area is 150 Å². The lowest BCUT2D eigenvalue weighted by atomic mass is 9.85. The molecule has 4 heteroatoms. The summed E-state index contributed by atoms with van der Waals surface area (Å²) in [6, 6.07) is 0. The number of esters is 1. The highest BCUT2D eigenvalue weighted by atomic mass is 16.5. The smallest absolute Gasteiger partial charge is 0.330 e. The van der Waals surface area contributed by atoms with Crippen molar-refractivity contribution in [2.45, 2.75) is 40.5 Å². The topological polar surface area (TPSA) is 63.6 Å². The monoisotopic (exact) mass is 344 g/mol. The van der Waals surface area contributed by atoms with Gasteiger partial charge in [0, 0.05) is 17.9 Å². The van der Waals surface area contributed by atoms with Crippen LogP contribution in [0, 0.1) is 11.8 Å². The number of aliphatic hydroxyl groups excluding tert-OH is 1. The second-order valence-corrected chi connectivity index (χ2v) is 6.52. The van der Waals surface area contributed by atoms with Crippen LogP contribution in [0.2, 0.25) is 0 Å². The molecule has 25 heavy (non-hydrogen) atoms. The highest BCUT2D eigenvalue weighted by molar-refractivity contribution is 5.84. The number of Topliss-reactive ketones (excluding diaryl/α,β-unsaturated/α-hetero) is 1. The molecular weight excluding hydrogens is 316 g/mol. The van der Waals surface area contributed by atoms with E-state index in [-0.39, 0.29) is 24.1 Å². The fraction of sp³-hybridized carbons (Fsp3) is 0.429. The van der Waals surface area contributed by atoms with Gasteiger partial charge in [-0.25, -0.2) is 4.79 Å². The Kier molecular flexibility index (Phi) is 8.68. The van der Waals surface area contributed by atoms with E-state index in [9.17, 15) is 14.7 Å². The molecule has 0 radical (unpaired) electrons. The molecule has 1 aliphatic rings. The van der Waals surface area contributed by atoms with Gasteiger partial charge in [0.15, 0.2) is 0 Å². The molecule has 2 unspecified atom stereocenters. The van der Waals surface area contributed by atoms with Crippen LogP contribution in [0.1, 0.15) is 40.5 Å². The molecule has 136 valence electrons. The van der Waals surface area contributed by atoms with Crippen molar-refractivity contribution < 1.29 is 19.4 Å². The molecule has 1 N–H and O–H groups in total. The van der Waals surface area contributed by atoms with Crippen molar-refractivity contribution in [3.05, 3.63) is 59.4 Å². The largest absolute Gasteiger partial charge is 0.508 e. The van der Waals surface area contributed by atoms with E-state index in [2.05, 4.69) is 19.9 Å². The van der Waals surface area contributed by atoms with E-state index in [0.29, 0.717) is 0 Å². The molecule has 0 spiro atoms. The van der Waals surface area contributed by atoms with E-state index in [1.54, 1.807) is 12.2 Å². The molecule has 0 saturated heterocycles. The van der Waals surface area contributed by atoms with E-state index in [0.717, 1.165) is 12.8 Å². The van der Waals surface area contributed by atoms with Gasteiger partial charge in [-0.1, -0.05) is 29.4 Å². The van der Waals surface area contributed by atoms with Crippen molar-refractivity contribution in [2.24, 2.45) is 11.8 Å². The lowest BCUT2D eigenvalue weighted by molar-refractivity contribution is -0.136. The molecule has 0 aromatic rings. The highest BCUT2D eigenvalue weighted by Crippen LogP contribution is 2.24. The van der Waals surface area contributed by atoms with Crippen molar-refractivity contribution >= 4 is 11.8 Å². The Bertz CT molecular complexity index is 628. The van der Waals surface area contributed by atoms with Crippen molar-refractivity contribution in [3.8, 4) is 0 Å². The summed E-state index contributed by atoms with van der Waals surface area (Å²) >= 11 is 0. The first kappa shape index (κ1) is 20.7. The van der Waals surface area contributed by atoms with E-state index in [1.807, 2.05) is 13.0 Å². The normalized spacial score (nSPS) is 20.3. The predicted octanol–water partition coefficient (Wildman–Crippen LogP) is 4.61. The molecule has 0 aromatic heterocycles. The van der Waals surface area contributed by atoms with Gasteiger partial charge in [-0.2, -0.15) is 0 Å². The van der Waals surface area contributed by atoms with E-state index < -0.39 is 11.9 Å². The van der Waals surface area contributed by atoms with Crippen molar-refractivity contribution in [1.29, 1.82) is 0 Å². The summed E-state index contributed by atoms with van der Waals surface area (Å²) < 4.78 is 5.16. The summed E-state index contributed by atoms with van der Waals surface area (Å²) in [5, 5.41) is 9.48. The van der Waals surface area contributed by atoms with Gasteiger partial charge in [-0.05, 0) is 58.8 Å². The number of ketones is 1. The molecule has 0 saturated carbocycles. The average Bonchev–Trinajstić information content (AvgIpc) is 2.53. The van der Waals surface area contributed by atoms with Gasteiger partial charge in [-0.15, -0.1) is 0 Å². The molecule has 0 heterocycles. The highest BCUT2D eigenvalue weighted by Gasteiger charge is 2.23. The molecule has 0 aliphatic heterocycles. The van der Waals surface area contributed by atoms with Gasteiger partial charge in [-0.3, -0.25) is 4.79 Å². The second kappa shape index (κ2) is 10.5. The Balaban J connectivity index is 2.46. The second-order valence-electron chi connectivity index (χ2n) is 6.52. The summed E-state index contributed by atoms with van der Waals surface area (Å²) in [6.45, 7) is 7.87. The minimum atomic E-state index is -0.453. The zero-order chi connectivity index (χ0) is 18.8. The predicted molar refractivity (Wildman–Crippen MR) is 100 cm³/mol. The first-order valence-corrected chi connectivity index (χ1v) is 8.53. The fourth-order valence-corrected chi connectivity index (χ4v) is 2.45. The van der Waals surface area contributed by atoms with Crippen LogP contribution in [0.4, 0.5) is 0 Å². The number of allylic oxidation sites excluding steroid dienone is 7. The maximum absolute atomic E-state index is 11.8. The van der Waals surface area contributed by atoms with Gasteiger partial charge in [0.2, 0.25) is 0 Å². The minimum Gasteiger partial charge on any atom is -0.508 e. The number of hydrogen-bond donors (Lipinski definition) is 1. The van der Waals surface area contributed by atoms with Crippen molar-refractivity contribution in [3.63, 3.8) is 0 Å². The summed E-state index contributed by atoms with van der Waals surface area (Å²) in [6.07, 6.45) is 13.7. The van der Waals surface area contributed by atoms with E-state index in [1.165, 1.54) is 36.3 Å². The standard InChI is InChI=1S/C21H28O4/c1-15(2)6-5-7-16(3)12-13-25-21(24)11-9-18-8-10-19(23)14-20(18)17(4)22/h6,8-12,14,18,20,23H,5,7,13H2,1-4H3/b11-9+,16-12+. The van der Waals surface area contributed by atoms with Gasteiger partial charge in [0.25, 0.3) is 0 Å². The zero-order valence-electron chi connectivity index (χ0n) is 15.5. The van der Waals surface area contributed by atoms with Crippen LogP contribution >= 0.6 is 0 Å². The quantitative estimate of drug-likeness (QED) is 0.397. The van der Waals surface area contributed by atoms with E-state index >= 15 is 0 Å². The van der Waals surface area contributed by atoms with Crippen molar-refractivity contribution in [1.82, 2.24) is 0 Å². The third kappa shape index (κ3) is 8.34. The number of carbonyl (C=O) groups excluding carboxylic acids is 2. The minimum absolute atomic E-state index is 0.0613. The van der Waals surface area contributed by atoms with Gasteiger partial charge < -0.3 is 9.84 Å². The molecule has 0 bridgehead atoms. The Hall–Kier alpha value is -2.36. The molecule has 4 nitrogen and oxygen atoms in total. The molecule has 1 aliphatic carbocycles. The van der Waals surface area contributed by atoms with Crippen molar-refractivity contribution in [2.75, 3.05) is 6.61 Å². The summed E-state index contributed by atoms with van der Waals surface area (Å²) in [4.78, 5) is 23.4. The molecule has 0 fully saturated rings. The lowest BCUT2D eigenvalue weighted by Crippen LogP contribution is -2.20. The fourth-order valence-electron chi connectivity index (χ4n) is 2.45. The average molecular weight is 344 g/mol. The number of hydrogen-bond acceptors (Lipinski definition) is 4. The summed E-state index contributed by atoms with van der Waals surface area (Å²) in [7, 11) is 0. The van der Waals surface area contributed by atoms with Gasteiger partial charge >= 0.3 is 5.97 Å². The first-order valence-electron chi connectivity index (χ1n) is 8.53. The molecule has 0 amide bonds. The van der Waals surface area contributed by atoms with Crippen LogP contribution in [0.15, 0.2) is 59.4 Å². The Morgan fingerprint density at radius 2 is 1.92 bits per heavy atom. The molecule has 1 rings (SSSR count). The third-order valence-electron chi connectivity index (χ3n) is 3.93. The maximum Gasteiger partial charge on any atom is 0.330 e. The molecular formula is C21H28O4. The van der Waals surface area contributed by atoms with Gasteiger partial charge in [0.1, 0.15) is 18.1 Å². The van der Waals surface area contributed by atoms with Crippen LogP contribution in [0.3, 0.4) is 0 Å². The number of carbonyl (C=O) groups is 2. The lowest BCUT2D eigenvalue weighted by Gasteiger charge is -2.19.